The molecule has 0 heterocycles. The van der Waals surface area contributed by atoms with Crippen LogP contribution in [-0.2, 0) is 70.2 Å². The van der Waals surface area contributed by atoms with Gasteiger partial charge in [-0.05, 0) is 110 Å². The van der Waals surface area contributed by atoms with Crippen LogP contribution < -0.4 is 40.2 Å². The molecule has 0 bridgehead atoms. The van der Waals surface area contributed by atoms with E-state index in [2.05, 4.69) is 29.8 Å². The number of rotatable bonds is 18. The molecule has 0 unspecified atom stereocenters. The van der Waals surface area contributed by atoms with Gasteiger partial charge in [0, 0.05) is 49.4 Å². The number of aliphatic hydroxyl groups excluding tert-OH is 3. The Morgan fingerprint density at radius 1 is 0.667 bits per heavy atom. The molecule has 2 amide bonds. The first-order valence-corrected chi connectivity index (χ1v) is 21.7. The van der Waals surface area contributed by atoms with Crippen LogP contribution in [0.1, 0.15) is 86.3 Å². The number of alkyl carbamates (subject to hydrolysis) is 2. The maximum Gasteiger partial charge on any atom is 1.00 e. The fraction of sp³-hybridized carbons (Fsp3) is 0.556. The molecule has 0 aromatic heterocycles. The number of hydrogen-bond donors (Lipinski definition) is 5. The Kier molecular flexibility index (Phi) is 37.7. The summed E-state index contributed by atoms with van der Waals surface area (Å²) >= 11 is 11.8. The molecule has 0 aliphatic rings. The zero-order valence-corrected chi connectivity index (χ0v) is 45.3. The number of benzene rings is 2. The molecular weight excluding hydrogens is 959 g/mol. The third-order valence-electron chi connectivity index (χ3n) is 8.11. The molecule has 5 N–H and O–H groups in total. The molecule has 0 aliphatic carbocycles. The van der Waals surface area contributed by atoms with Crippen LogP contribution in [0.3, 0.4) is 0 Å². The van der Waals surface area contributed by atoms with Gasteiger partial charge in [0.15, 0.2) is 0 Å². The minimum absolute atomic E-state index is 0. The van der Waals surface area contributed by atoms with Crippen molar-refractivity contribution in [2.75, 3.05) is 41.0 Å². The van der Waals surface area contributed by atoms with Crippen LogP contribution in [-0.4, -0.2) is 140 Å². The van der Waals surface area contributed by atoms with Gasteiger partial charge in [-0.25, -0.2) is 35.5 Å². The van der Waals surface area contributed by atoms with Crippen LogP contribution in [0.15, 0.2) is 48.5 Å². The molecule has 69 heavy (non-hydrogen) atoms. The van der Waals surface area contributed by atoms with Gasteiger partial charge < -0.3 is 49.6 Å². The molecule has 0 saturated carbocycles. The number of methoxy groups -OCH3 is 2. The average molecular weight is 1030 g/mol. The summed E-state index contributed by atoms with van der Waals surface area (Å²) in [5, 5.41) is 33.7. The number of ether oxygens (including phenoxy) is 4. The summed E-state index contributed by atoms with van der Waals surface area (Å²) in [5.41, 5.74) is 0.733. The molecule has 4 atom stereocenters. The van der Waals surface area contributed by atoms with Gasteiger partial charge in [-0.3, -0.25) is 19.3 Å². The molecule has 0 spiro atoms. The van der Waals surface area contributed by atoms with Gasteiger partial charge >= 0.3 is 65.6 Å². The van der Waals surface area contributed by atoms with Crippen molar-refractivity contribution >= 4 is 72.7 Å². The van der Waals surface area contributed by atoms with Gasteiger partial charge in [0.25, 0.3) is 5.97 Å². The Morgan fingerprint density at radius 3 is 1.39 bits per heavy atom. The predicted molar refractivity (Wildman–Crippen MR) is 251 cm³/mol. The van der Waals surface area contributed by atoms with Crippen molar-refractivity contribution in [3.05, 3.63) is 76.2 Å². The fourth-order valence-corrected chi connectivity index (χ4v) is 5.50. The number of carbonyl (C=O) groups excluding carboxylic acids is 7. The number of carbonyl (C=O) groups is 7. The number of aliphatic hydroxyl groups is 3. The van der Waals surface area contributed by atoms with Gasteiger partial charge in [0.05, 0.1) is 33.4 Å². The van der Waals surface area contributed by atoms with E-state index in [1.165, 1.54) is 21.1 Å². The Balaban J connectivity index is -0.000000963. The molecule has 2 aromatic rings. The zero-order valence-electron chi connectivity index (χ0n) is 41.8. The van der Waals surface area contributed by atoms with Gasteiger partial charge in [0.1, 0.15) is 17.2 Å². The largest absolute Gasteiger partial charge is 1.00 e. The van der Waals surface area contributed by atoms with E-state index >= 15 is 0 Å². The third-order valence-corrected chi connectivity index (χ3v) is 8.61. The van der Waals surface area contributed by atoms with Crippen LogP contribution in [0.2, 0.25) is 10.0 Å². The number of nitrogens with one attached hydrogen (secondary N) is 2. The first kappa shape index (κ1) is 69.1. The summed E-state index contributed by atoms with van der Waals surface area (Å²) in [6.45, 7) is 14.5. The van der Waals surface area contributed by atoms with Crippen molar-refractivity contribution in [2.24, 2.45) is 5.92 Å². The minimum atomic E-state index is -0.817. The van der Waals surface area contributed by atoms with E-state index in [1.807, 2.05) is 24.3 Å². The molecule has 0 aliphatic heterocycles. The van der Waals surface area contributed by atoms with Crippen molar-refractivity contribution in [2.45, 2.75) is 117 Å². The van der Waals surface area contributed by atoms with E-state index in [0.29, 0.717) is 48.8 Å². The standard InChI is InChI=1S/C19H29ClN2O5.C19H28ClNO5.C4H6O4.C3H5BO3.Na/c1-19(2,3)27-18(25)21-15(10-13-6-8-14(20)9-7-13)11-22(4)16(12-23)17(24)26-5;1-19(2,3)26-18(24)21-16(10-7-14(12-22)17(23)25-4)11-13-5-8-15(20)9-6-13;1-3(5)7-8-4(2)6;1-3(6)7-4-2-5;/h6-9,15-16,23H,10-12H2,1-5H3,(H,21,25);5-6,8-9,14,16,22H,7,10-12H2,1-4H3,(H,21,24);1-2H3;2,5H,1H3;/q;;;-1;+1/t15-,16-;14-,16+;;;/m00.../s1. The molecule has 1 radical (unpaired) electrons. The second-order valence-electron chi connectivity index (χ2n) is 16.5. The molecule has 2 aromatic carbocycles. The Hall–Kier alpha value is -4.19. The Morgan fingerprint density at radius 2 is 1.07 bits per heavy atom. The summed E-state index contributed by atoms with van der Waals surface area (Å²) < 4.78 is 24.2. The van der Waals surface area contributed by atoms with Gasteiger partial charge in [0.2, 0.25) is 7.48 Å². The minimum Gasteiger partial charge on any atom is -0.577 e. The van der Waals surface area contributed by atoms with E-state index in [-0.39, 0.29) is 54.9 Å². The average Bonchev–Trinajstić information content (AvgIpc) is 3.23. The van der Waals surface area contributed by atoms with Crippen molar-refractivity contribution < 1.29 is 112 Å². The van der Waals surface area contributed by atoms with Gasteiger partial charge in [-0.15, -0.1) is 0 Å². The normalized spacial score (nSPS) is 12.2. The Labute approximate surface area is 438 Å². The number of halogens is 2. The Bertz CT molecular complexity index is 1800. The quantitative estimate of drug-likeness (QED) is 0.0358. The van der Waals surface area contributed by atoms with Crippen molar-refractivity contribution in [3.63, 3.8) is 0 Å². The van der Waals surface area contributed by atoms with E-state index in [0.717, 1.165) is 32.5 Å². The summed E-state index contributed by atoms with van der Waals surface area (Å²) in [6.07, 6.45) is 0.860. The molecule has 20 nitrogen and oxygen atoms in total. The summed E-state index contributed by atoms with van der Waals surface area (Å²) in [5.74, 6) is -3.34. The zero-order chi connectivity index (χ0) is 52.6. The van der Waals surface area contributed by atoms with E-state index in [9.17, 15) is 43.8 Å². The van der Waals surface area contributed by atoms with Crippen molar-refractivity contribution in [1.29, 1.82) is 0 Å². The van der Waals surface area contributed by atoms with Crippen molar-refractivity contribution in [1.82, 2.24) is 15.5 Å². The maximum atomic E-state index is 12.2. The SMILES string of the molecule is CC(=O)OOC(C)=O.CC(=O)O[B][CH-]O.COC(=O)[C@H](CO)CC[C@H](Cc1ccc(Cl)cc1)NC(=O)OC(C)(C)C.COC(=O)[C@H](CO)N(C)C[C@H](Cc1ccc(Cl)cc1)NC(=O)OC(C)(C)C.[Na+]. The van der Waals surface area contributed by atoms with Crippen LogP contribution in [0.5, 0.6) is 0 Å². The van der Waals surface area contributed by atoms with Crippen LogP contribution in [0.25, 0.3) is 0 Å². The van der Waals surface area contributed by atoms with E-state index in [1.54, 1.807) is 77.8 Å². The first-order chi connectivity index (χ1) is 31.6. The van der Waals surface area contributed by atoms with Crippen molar-refractivity contribution in [3.8, 4) is 0 Å². The van der Waals surface area contributed by atoms with Crippen LogP contribution in [0.4, 0.5) is 9.59 Å². The number of amides is 2. The second kappa shape index (κ2) is 37.6. The van der Waals surface area contributed by atoms with Crippen LogP contribution >= 0.6 is 23.2 Å². The smallest absolute Gasteiger partial charge is 0.577 e. The maximum absolute atomic E-state index is 12.2. The molecule has 0 saturated heterocycles. The molecule has 383 valence electrons. The van der Waals surface area contributed by atoms with E-state index < -0.39 is 65.2 Å². The number of esters is 2. The number of nitrogens with zero attached hydrogens (tertiary/aromatic N) is 1. The number of likely N-dealkylation sites (N-methyl/N-ethyl adjacent to an activating group) is 1. The van der Waals surface area contributed by atoms with Gasteiger partial charge in [-0.2, -0.15) is 0 Å². The molecule has 24 heteroatoms. The topological polar surface area (TPSA) is 272 Å². The predicted octanol–water partition coefficient (Wildman–Crippen LogP) is 2.27. The van der Waals surface area contributed by atoms with Gasteiger partial charge in [-0.1, -0.05) is 47.5 Å². The first-order valence-electron chi connectivity index (χ1n) is 21.0. The van der Waals surface area contributed by atoms with Crippen LogP contribution in [0, 0.1) is 12.4 Å². The fourth-order valence-electron chi connectivity index (χ4n) is 5.25. The molecule has 0 fully saturated rings. The van der Waals surface area contributed by atoms with E-state index in [4.69, 9.17) is 42.5 Å². The summed E-state index contributed by atoms with van der Waals surface area (Å²) in [6, 6.07) is 13.2. The second-order valence-corrected chi connectivity index (χ2v) is 17.4. The molecular formula is C45H68BCl2N3NaO17. The summed E-state index contributed by atoms with van der Waals surface area (Å²) in [4.78, 5) is 86.6. The summed E-state index contributed by atoms with van der Waals surface area (Å²) in [7, 11) is 5.14. The monoisotopic (exact) mass is 1030 g/mol. The third kappa shape index (κ3) is 38.3. The number of hydrogen-bond acceptors (Lipinski definition) is 18. The molecule has 2 rings (SSSR count).